The Morgan fingerprint density at radius 2 is 2.16 bits per heavy atom. The molecule has 1 aromatic carbocycles. The number of nitrogens with one attached hydrogen (secondary N) is 2. The highest BCUT2D eigenvalue weighted by molar-refractivity contribution is 6.05. The van der Waals surface area contributed by atoms with Crippen LogP contribution in [0.3, 0.4) is 0 Å². The Balaban J connectivity index is 1.80. The monoisotopic (exact) mass is 255 g/mol. The van der Waals surface area contributed by atoms with Crippen molar-refractivity contribution < 1.29 is 4.79 Å². The second-order valence-corrected chi connectivity index (χ2v) is 5.51. The first-order chi connectivity index (χ1) is 9.34. The quantitative estimate of drug-likeness (QED) is 0.817. The maximum Gasteiger partial charge on any atom is 0.227 e. The zero-order chi connectivity index (χ0) is 12.8. The molecule has 1 amide bonds. The van der Waals surface area contributed by atoms with E-state index in [2.05, 4.69) is 22.4 Å². The van der Waals surface area contributed by atoms with Gasteiger partial charge in [-0.2, -0.15) is 0 Å². The molecule has 0 saturated carbocycles. The Labute approximate surface area is 111 Å². The second-order valence-electron chi connectivity index (χ2n) is 5.51. The molecular formula is C15H17N3O. The number of rotatable bonds is 1. The van der Waals surface area contributed by atoms with E-state index in [0.717, 1.165) is 36.1 Å². The molecule has 1 aromatic heterocycles. The molecule has 3 heterocycles. The maximum absolute atomic E-state index is 12.4. The number of carbonyl (C=O) groups is 1. The van der Waals surface area contributed by atoms with E-state index in [-0.39, 0.29) is 5.91 Å². The standard InChI is InChI=1S/C15H17N3O/c19-15-7-10-8-16-6-5-13(10)18(15)14-9-17-12-4-2-1-3-11(12)14/h1-4,9-10,13,16-17H,5-8H2. The smallest absolute Gasteiger partial charge is 0.227 e. The summed E-state index contributed by atoms with van der Waals surface area (Å²) in [5.41, 5.74) is 2.15. The van der Waals surface area contributed by atoms with Crippen LogP contribution in [-0.4, -0.2) is 30.0 Å². The summed E-state index contributed by atoms with van der Waals surface area (Å²) >= 11 is 0. The average molecular weight is 255 g/mol. The summed E-state index contributed by atoms with van der Waals surface area (Å²) in [7, 11) is 0. The molecule has 2 aliphatic rings. The van der Waals surface area contributed by atoms with E-state index in [4.69, 9.17) is 0 Å². The highest BCUT2D eigenvalue weighted by Gasteiger charge is 2.42. The van der Waals surface area contributed by atoms with Gasteiger partial charge in [0.25, 0.3) is 0 Å². The van der Waals surface area contributed by atoms with Crippen molar-refractivity contribution >= 4 is 22.5 Å². The van der Waals surface area contributed by atoms with E-state index >= 15 is 0 Å². The number of carbonyl (C=O) groups excluding carboxylic acids is 1. The molecule has 19 heavy (non-hydrogen) atoms. The van der Waals surface area contributed by atoms with Crippen LogP contribution in [0, 0.1) is 5.92 Å². The van der Waals surface area contributed by atoms with E-state index in [1.165, 1.54) is 0 Å². The molecule has 2 aromatic rings. The minimum atomic E-state index is 0.267. The molecule has 0 spiro atoms. The van der Waals surface area contributed by atoms with Crippen molar-refractivity contribution in [3.05, 3.63) is 30.5 Å². The van der Waals surface area contributed by atoms with Crippen molar-refractivity contribution in [2.75, 3.05) is 18.0 Å². The molecule has 2 N–H and O–H groups in total. The molecule has 2 unspecified atom stereocenters. The molecule has 0 radical (unpaired) electrons. The van der Waals surface area contributed by atoms with Crippen LogP contribution in [0.4, 0.5) is 5.69 Å². The summed E-state index contributed by atoms with van der Waals surface area (Å²) in [6, 6.07) is 8.55. The van der Waals surface area contributed by atoms with E-state index in [9.17, 15) is 4.79 Å². The molecule has 0 aliphatic carbocycles. The first kappa shape index (κ1) is 11.1. The van der Waals surface area contributed by atoms with E-state index in [1.54, 1.807) is 0 Å². The number of benzene rings is 1. The lowest BCUT2D eigenvalue weighted by molar-refractivity contribution is -0.117. The Bertz CT molecular complexity index is 633. The van der Waals surface area contributed by atoms with Gasteiger partial charge in [-0.25, -0.2) is 0 Å². The predicted molar refractivity (Wildman–Crippen MR) is 75.2 cm³/mol. The number of piperidine rings is 1. The maximum atomic E-state index is 12.4. The molecule has 4 heteroatoms. The molecule has 4 nitrogen and oxygen atoms in total. The second kappa shape index (κ2) is 4.10. The first-order valence-electron chi connectivity index (χ1n) is 6.93. The highest BCUT2D eigenvalue weighted by atomic mass is 16.2. The van der Waals surface area contributed by atoms with Crippen LogP contribution < -0.4 is 10.2 Å². The van der Waals surface area contributed by atoms with Gasteiger partial charge in [0.1, 0.15) is 0 Å². The van der Waals surface area contributed by atoms with Crippen LogP contribution in [0.5, 0.6) is 0 Å². The number of hydrogen-bond donors (Lipinski definition) is 2. The Kier molecular flexibility index (Phi) is 2.38. The summed E-state index contributed by atoms with van der Waals surface area (Å²) in [6.07, 6.45) is 3.71. The van der Waals surface area contributed by atoms with Crippen LogP contribution in [0.25, 0.3) is 10.9 Å². The zero-order valence-electron chi connectivity index (χ0n) is 10.7. The van der Waals surface area contributed by atoms with Gasteiger partial charge in [-0.3, -0.25) is 4.79 Å². The van der Waals surface area contributed by atoms with Crippen LogP contribution in [0.1, 0.15) is 12.8 Å². The number of anilines is 1. The van der Waals surface area contributed by atoms with Crippen molar-refractivity contribution in [3.63, 3.8) is 0 Å². The van der Waals surface area contributed by atoms with Crippen molar-refractivity contribution in [2.24, 2.45) is 5.92 Å². The van der Waals surface area contributed by atoms with Crippen LogP contribution in [0.15, 0.2) is 30.5 Å². The van der Waals surface area contributed by atoms with Gasteiger partial charge in [-0.15, -0.1) is 0 Å². The van der Waals surface area contributed by atoms with Gasteiger partial charge in [0.15, 0.2) is 0 Å². The molecule has 2 saturated heterocycles. The van der Waals surface area contributed by atoms with E-state index in [1.807, 2.05) is 23.2 Å². The van der Waals surface area contributed by atoms with E-state index in [0.29, 0.717) is 18.4 Å². The molecule has 2 fully saturated rings. The van der Waals surface area contributed by atoms with Gasteiger partial charge < -0.3 is 15.2 Å². The van der Waals surface area contributed by atoms with Crippen LogP contribution in [-0.2, 0) is 4.79 Å². The summed E-state index contributed by atoms with van der Waals surface area (Å²) in [6.45, 7) is 1.97. The number of nitrogens with zero attached hydrogens (tertiary/aromatic N) is 1. The number of fused-ring (bicyclic) bond motifs is 2. The number of H-pyrrole nitrogens is 1. The lowest BCUT2D eigenvalue weighted by Crippen LogP contribution is -2.44. The molecule has 98 valence electrons. The third kappa shape index (κ3) is 1.60. The highest BCUT2D eigenvalue weighted by Crippen LogP contribution is 2.37. The summed E-state index contributed by atoms with van der Waals surface area (Å²) in [5, 5.41) is 4.54. The summed E-state index contributed by atoms with van der Waals surface area (Å²) in [4.78, 5) is 17.7. The normalized spacial score (nSPS) is 26.9. The number of hydrogen-bond acceptors (Lipinski definition) is 2. The van der Waals surface area contributed by atoms with Gasteiger partial charge >= 0.3 is 0 Å². The van der Waals surface area contributed by atoms with Crippen molar-refractivity contribution in [2.45, 2.75) is 18.9 Å². The molecule has 4 rings (SSSR count). The fraction of sp³-hybridized carbons (Fsp3) is 0.400. The van der Waals surface area contributed by atoms with Gasteiger partial charge in [-0.05, 0) is 19.0 Å². The molecular weight excluding hydrogens is 238 g/mol. The third-order valence-electron chi connectivity index (χ3n) is 4.43. The largest absolute Gasteiger partial charge is 0.359 e. The van der Waals surface area contributed by atoms with Gasteiger partial charge in [0.2, 0.25) is 5.91 Å². The average Bonchev–Trinajstić information content (AvgIpc) is 2.98. The zero-order valence-corrected chi connectivity index (χ0v) is 10.7. The molecule has 2 atom stereocenters. The molecule has 0 bridgehead atoms. The van der Waals surface area contributed by atoms with Gasteiger partial charge in [0.05, 0.1) is 5.69 Å². The number of para-hydroxylation sites is 1. The van der Waals surface area contributed by atoms with E-state index < -0.39 is 0 Å². The fourth-order valence-electron chi connectivity index (χ4n) is 3.53. The summed E-state index contributed by atoms with van der Waals surface area (Å²) in [5.74, 6) is 0.735. The Morgan fingerprint density at radius 1 is 1.26 bits per heavy atom. The van der Waals surface area contributed by atoms with Crippen LogP contribution in [0.2, 0.25) is 0 Å². The predicted octanol–water partition coefficient (Wildman–Crippen LogP) is 1.88. The summed E-state index contributed by atoms with van der Waals surface area (Å²) < 4.78 is 0. The fourth-order valence-corrected chi connectivity index (χ4v) is 3.53. The Morgan fingerprint density at radius 3 is 3.11 bits per heavy atom. The van der Waals surface area contributed by atoms with Crippen molar-refractivity contribution in [1.29, 1.82) is 0 Å². The topological polar surface area (TPSA) is 48.1 Å². The van der Waals surface area contributed by atoms with Gasteiger partial charge in [0, 0.05) is 42.0 Å². The SMILES string of the molecule is O=C1CC2CNCCC2N1c1c[nH]c2ccccc12. The van der Waals surface area contributed by atoms with Crippen molar-refractivity contribution in [3.8, 4) is 0 Å². The van der Waals surface area contributed by atoms with Crippen LogP contribution >= 0.6 is 0 Å². The number of aromatic nitrogens is 1. The van der Waals surface area contributed by atoms with Gasteiger partial charge in [-0.1, -0.05) is 18.2 Å². The molecule has 2 aliphatic heterocycles. The number of aromatic amines is 1. The minimum absolute atomic E-state index is 0.267. The first-order valence-corrected chi connectivity index (χ1v) is 6.93. The lowest BCUT2D eigenvalue weighted by atomic mass is 9.94. The Hall–Kier alpha value is -1.81. The minimum Gasteiger partial charge on any atom is -0.359 e. The third-order valence-corrected chi connectivity index (χ3v) is 4.43. The lowest BCUT2D eigenvalue weighted by Gasteiger charge is -2.31. The number of amides is 1. The van der Waals surface area contributed by atoms with Crippen molar-refractivity contribution in [1.82, 2.24) is 10.3 Å².